The van der Waals surface area contributed by atoms with E-state index in [2.05, 4.69) is 17.6 Å². The number of ether oxygens (including phenoxy) is 3. The second-order valence-electron chi connectivity index (χ2n) is 11.1. The molecule has 238 valence electrons. The van der Waals surface area contributed by atoms with Gasteiger partial charge in [0.05, 0.1) is 19.3 Å². The Balaban J connectivity index is 1.33. The van der Waals surface area contributed by atoms with Crippen molar-refractivity contribution in [1.29, 1.82) is 0 Å². The summed E-state index contributed by atoms with van der Waals surface area (Å²) in [6.45, 7) is 2.80. The molecule has 2 amide bonds. The number of esters is 1. The number of rotatable bonds is 17. The number of hydrogen-bond donors (Lipinski definition) is 3. The molecule has 1 atom stereocenters. The van der Waals surface area contributed by atoms with Crippen molar-refractivity contribution < 1.29 is 38.5 Å². The van der Waals surface area contributed by atoms with Crippen LogP contribution in [0.2, 0.25) is 0 Å². The summed E-state index contributed by atoms with van der Waals surface area (Å²) in [7, 11) is 1.41. The summed E-state index contributed by atoms with van der Waals surface area (Å²) >= 11 is 0. The molecule has 1 fully saturated rings. The Kier molecular flexibility index (Phi) is 12.0. The summed E-state index contributed by atoms with van der Waals surface area (Å²) in [5.74, 6) is -1.41. The minimum Gasteiger partial charge on any atom is -0.494 e. The largest absolute Gasteiger partial charge is 0.494 e. The Hall–Kier alpha value is -4.86. The molecule has 3 aromatic carbocycles. The summed E-state index contributed by atoms with van der Waals surface area (Å²) < 4.78 is 16.7. The molecule has 3 N–H and O–H groups in total. The number of carbonyl (C=O) groups excluding carboxylic acids is 3. The first kappa shape index (κ1) is 33.0. The lowest BCUT2D eigenvalue weighted by Crippen LogP contribution is -2.42. The van der Waals surface area contributed by atoms with Gasteiger partial charge >= 0.3 is 11.9 Å². The highest BCUT2D eigenvalue weighted by molar-refractivity contribution is 5.99. The number of carboxylic acid groups (broad SMARTS) is 1. The van der Waals surface area contributed by atoms with Gasteiger partial charge in [0.25, 0.3) is 5.91 Å². The fraction of sp³-hybridized carbons (Fsp3) is 0.371. The van der Waals surface area contributed by atoms with Crippen molar-refractivity contribution in [3.05, 3.63) is 83.4 Å². The van der Waals surface area contributed by atoms with Crippen LogP contribution in [0.1, 0.15) is 78.1 Å². The van der Waals surface area contributed by atoms with E-state index in [1.807, 2.05) is 0 Å². The highest BCUT2D eigenvalue weighted by Gasteiger charge is 2.29. The van der Waals surface area contributed by atoms with Crippen LogP contribution in [-0.4, -0.2) is 48.6 Å². The summed E-state index contributed by atoms with van der Waals surface area (Å²) in [5, 5.41) is 15.2. The first-order valence-electron chi connectivity index (χ1n) is 15.3. The van der Waals surface area contributed by atoms with E-state index >= 15 is 0 Å². The van der Waals surface area contributed by atoms with E-state index in [9.17, 15) is 24.3 Å². The van der Waals surface area contributed by atoms with Crippen molar-refractivity contribution in [2.24, 2.45) is 5.92 Å². The van der Waals surface area contributed by atoms with Crippen LogP contribution in [0, 0.1) is 5.92 Å². The van der Waals surface area contributed by atoms with Crippen LogP contribution in [0.15, 0.2) is 66.7 Å². The molecule has 10 nitrogen and oxygen atoms in total. The number of aliphatic carboxylic acids is 1. The van der Waals surface area contributed by atoms with Crippen LogP contribution in [0.3, 0.4) is 0 Å². The van der Waals surface area contributed by atoms with Crippen molar-refractivity contribution >= 4 is 29.4 Å². The molecule has 4 rings (SSSR count). The Morgan fingerprint density at radius 2 is 1.64 bits per heavy atom. The smallest absolute Gasteiger partial charge is 0.343 e. The fourth-order valence-corrected chi connectivity index (χ4v) is 4.67. The highest BCUT2D eigenvalue weighted by atomic mass is 16.6. The number of amides is 2. The lowest BCUT2D eigenvalue weighted by molar-refractivity contribution is -0.139. The molecule has 0 heterocycles. The average Bonchev–Trinajstić information content (AvgIpc) is 3.89. The Morgan fingerprint density at radius 3 is 2.33 bits per heavy atom. The molecule has 3 aromatic rings. The van der Waals surface area contributed by atoms with Crippen LogP contribution in [0.4, 0.5) is 5.69 Å². The molecule has 0 spiro atoms. The van der Waals surface area contributed by atoms with E-state index in [0.717, 1.165) is 25.7 Å². The molecule has 10 heteroatoms. The van der Waals surface area contributed by atoms with Crippen molar-refractivity contribution in [3.63, 3.8) is 0 Å². The van der Waals surface area contributed by atoms with Crippen LogP contribution >= 0.6 is 0 Å². The summed E-state index contributed by atoms with van der Waals surface area (Å²) in [6, 6.07) is 16.5. The lowest BCUT2D eigenvalue weighted by Gasteiger charge is -2.17. The van der Waals surface area contributed by atoms with Gasteiger partial charge in [0.2, 0.25) is 5.91 Å². The normalized spacial score (nSPS) is 12.9. The van der Waals surface area contributed by atoms with E-state index in [4.69, 9.17) is 14.2 Å². The summed E-state index contributed by atoms with van der Waals surface area (Å²) in [5.41, 5.74) is 1.57. The third kappa shape index (κ3) is 10.1. The van der Waals surface area contributed by atoms with E-state index in [1.165, 1.54) is 38.5 Å². The molecule has 1 aliphatic carbocycles. The minimum atomic E-state index is -1.25. The van der Waals surface area contributed by atoms with E-state index < -0.39 is 23.9 Å². The van der Waals surface area contributed by atoms with Gasteiger partial charge in [0.1, 0.15) is 11.8 Å². The molecular weight excluding hydrogens is 576 g/mol. The molecule has 1 unspecified atom stereocenters. The number of nitrogens with one attached hydrogen (secondary N) is 2. The summed E-state index contributed by atoms with van der Waals surface area (Å²) in [6.07, 6.45) is 7.38. The zero-order valence-electron chi connectivity index (χ0n) is 25.7. The van der Waals surface area contributed by atoms with Gasteiger partial charge in [-0.2, -0.15) is 0 Å². The van der Waals surface area contributed by atoms with Gasteiger partial charge in [-0.15, -0.1) is 0 Å². The van der Waals surface area contributed by atoms with E-state index in [-0.39, 0.29) is 35.3 Å². The number of carboxylic acids is 1. The van der Waals surface area contributed by atoms with Gasteiger partial charge < -0.3 is 30.0 Å². The van der Waals surface area contributed by atoms with Crippen LogP contribution in [-0.2, 0) is 16.0 Å². The molecule has 1 saturated carbocycles. The van der Waals surface area contributed by atoms with Gasteiger partial charge in [0, 0.05) is 23.6 Å². The Bertz CT molecular complexity index is 1480. The third-order valence-corrected chi connectivity index (χ3v) is 7.42. The lowest BCUT2D eigenvalue weighted by atomic mass is 10.0. The number of unbranched alkanes of at least 4 members (excludes halogenated alkanes) is 4. The van der Waals surface area contributed by atoms with Gasteiger partial charge in [-0.3, -0.25) is 9.59 Å². The van der Waals surface area contributed by atoms with Crippen LogP contribution < -0.4 is 24.8 Å². The first-order chi connectivity index (χ1) is 21.8. The maximum absolute atomic E-state index is 12.9. The molecule has 0 saturated heterocycles. The van der Waals surface area contributed by atoms with Crippen LogP contribution in [0.25, 0.3) is 0 Å². The van der Waals surface area contributed by atoms with Gasteiger partial charge in [0.15, 0.2) is 11.5 Å². The molecular formula is C35H40N2O8. The first-order valence-corrected chi connectivity index (χ1v) is 15.3. The van der Waals surface area contributed by atoms with E-state index in [0.29, 0.717) is 29.2 Å². The minimum absolute atomic E-state index is 0.00645. The van der Waals surface area contributed by atoms with Gasteiger partial charge in [-0.05, 0) is 79.4 Å². The molecule has 0 aliphatic heterocycles. The standard InChI is InChI=1S/C35H40N2O8/c1-3-4-5-6-7-19-44-28-16-14-25(15-17-28)35(42)45-30-18-11-23(21-31(30)43-2)20-29(34(40)41)37-33(39)26-9-8-10-27(22-26)36-32(38)24-12-13-24/h8-11,14-18,21-22,24,29H,3-7,12-13,19-20H2,1-2H3,(H,36,38)(H,37,39)(H,40,41). The van der Waals surface area contributed by atoms with Crippen molar-refractivity contribution in [2.75, 3.05) is 19.0 Å². The Labute approximate surface area is 263 Å². The average molecular weight is 617 g/mol. The van der Waals surface area contributed by atoms with Gasteiger partial charge in [-0.25, -0.2) is 9.59 Å². The topological polar surface area (TPSA) is 140 Å². The highest BCUT2D eigenvalue weighted by Crippen LogP contribution is 2.31. The number of benzene rings is 3. The fourth-order valence-electron chi connectivity index (χ4n) is 4.67. The zero-order chi connectivity index (χ0) is 32.2. The molecule has 45 heavy (non-hydrogen) atoms. The second-order valence-corrected chi connectivity index (χ2v) is 11.1. The number of anilines is 1. The molecule has 0 bridgehead atoms. The van der Waals surface area contributed by atoms with Crippen LogP contribution in [0.5, 0.6) is 17.2 Å². The maximum atomic E-state index is 12.9. The predicted octanol–water partition coefficient (Wildman–Crippen LogP) is 6.04. The maximum Gasteiger partial charge on any atom is 0.343 e. The quantitative estimate of drug-likeness (QED) is 0.0948. The molecule has 1 aliphatic rings. The van der Waals surface area contributed by atoms with Crippen molar-refractivity contribution in [3.8, 4) is 17.2 Å². The SMILES string of the molecule is CCCCCCCOc1ccc(C(=O)Oc2ccc(CC(NC(=O)c3cccc(NC(=O)C4CC4)c3)C(=O)O)cc2OC)cc1. The van der Waals surface area contributed by atoms with Crippen molar-refractivity contribution in [2.45, 2.75) is 64.3 Å². The molecule has 0 aromatic heterocycles. The number of methoxy groups -OCH3 is 1. The monoisotopic (exact) mass is 616 g/mol. The third-order valence-electron chi connectivity index (χ3n) is 7.42. The Morgan fingerprint density at radius 1 is 0.889 bits per heavy atom. The summed E-state index contributed by atoms with van der Waals surface area (Å²) in [4.78, 5) is 49.8. The van der Waals surface area contributed by atoms with Crippen molar-refractivity contribution in [1.82, 2.24) is 5.32 Å². The van der Waals surface area contributed by atoms with E-state index in [1.54, 1.807) is 54.6 Å². The number of carbonyl (C=O) groups is 4. The molecule has 0 radical (unpaired) electrons. The zero-order valence-corrected chi connectivity index (χ0v) is 25.7. The van der Waals surface area contributed by atoms with Gasteiger partial charge in [-0.1, -0.05) is 44.7 Å². The second kappa shape index (κ2) is 16.3. The predicted molar refractivity (Wildman–Crippen MR) is 169 cm³/mol. The number of hydrogen-bond acceptors (Lipinski definition) is 7.